The van der Waals surface area contributed by atoms with Crippen LogP contribution in [0.3, 0.4) is 0 Å². The molecule has 2 rings (SSSR count). The number of aryl methyl sites for hydroxylation is 2. The summed E-state index contributed by atoms with van der Waals surface area (Å²) in [5.74, 6) is 0. The molecule has 0 aromatic heterocycles. The maximum atomic E-state index is 5.74. The number of benzene rings is 2. The molecule has 0 atom stereocenters. The van der Waals surface area contributed by atoms with E-state index in [4.69, 9.17) is 5.73 Å². The Bertz CT molecular complexity index is 463. The van der Waals surface area contributed by atoms with E-state index < -0.39 is 0 Å². The highest BCUT2D eigenvalue weighted by Crippen LogP contribution is 2.24. The zero-order valence-electron chi connectivity index (χ0n) is 9.83. The van der Waals surface area contributed by atoms with Crippen molar-refractivity contribution in [1.29, 1.82) is 0 Å². The fourth-order valence-electron chi connectivity index (χ4n) is 2.11. The number of rotatable bonds is 2. The van der Waals surface area contributed by atoms with Gasteiger partial charge in [0.1, 0.15) is 0 Å². The molecule has 1 heteroatoms. The molecule has 16 heavy (non-hydrogen) atoms. The second-order valence-electron chi connectivity index (χ2n) is 4.16. The monoisotopic (exact) mass is 211 g/mol. The molecule has 2 N–H and O–H groups in total. The number of hydrogen-bond donors (Lipinski definition) is 1. The molecule has 0 fully saturated rings. The lowest BCUT2D eigenvalue weighted by atomic mass is 9.96. The van der Waals surface area contributed by atoms with Gasteiger partial charge in [0.15, 0.2) is 0 Å². The van der Waals surface area contributed by atoms with Crippen LogP contribution in [0.4, 0.5) is 0 Å². The standard InChI is InChI=1S/C15H17N/c1-11-8-14(9-12(2)15(11)10-16)13-6-4-3-5-7-13/h3-9H,10,16H2,1-2H3. The van der Waals surface area contributed by atoms with Gasteiger partial charge in [0.05, 0.1) is 0 Å². The van der Waals surface area contributed by atoms with Crippen LogP contribution in [0.25, 0.3) is 11.1 Å². The second kappa shape index (κ2) is 4.50. The van der Waals surface area contributed by atoms with Gasteiger partial charge in [0, 0.05) is 6.54 Å². The molecule has 0 aliphatic carbocycles. The van der Waals surface area contributed by atoms with Gasteiger partial charge in [-0.2, -0.15) is 0 Å². The zero-order valence-corrected chi connectivity index (χ0v) is 9.83. The Morgan fingerprint density at radius 2 is 1.44 bits per heavy atom. The first-order chi connectivity index (χ1) is 7.72. The molecule has 0 saturated carbocycles. The molecular formula is C15H17N. The lowest BCUT2D eigenvalue weighted by Gasteiger charge is -2.11. The van der Waals surface area contributed by atoms with Crippen molar-refractivity contribution < 1.29 is 0 Å². The van der Waals surface area contributed by atoms with E-state index >= 15 is 0 Å². The van der Waals surface area contributed by atoms with Gasteiger partial charge in [0.2, 0.25) is 0 Å². The second-order valence-corrected chi connectivity index (χ2v) is 4.16. The van der Waals surface area contributed by atoms with Gasteiger partial charge >= 0.3 is 0 Å². The fourth-order valence-corrected chi connectivity index (χ4v) is 2.11. The topological polar surface area (TPSA) is 26.0 Å². The SMILES string of the molecule is Cc1cc(-c2ccccc2)cc(C)c1CN. The van der Waals surface area contributed by atoms with Crippen LogP contribution < -0.4 is 5.73 Å². The molecule has 0 aliphatic rings. The average molecular weight is 211 g/mol. The first-order valence-corrected chi connectivity index (χ1v) is 5.58. The van der Waals surface area contributed by atoms with E-state index in [9.17, 15) is 0 Å². The minimum absolute atomic E-state index is 0.618. The Labute approximate surface area is 96.9 Å². The summed E-state index contributed by atoms with van der Waals surface area (Å²) in [4.78, 5) is 0. The molecule has 2 aromatic rings. The van der Waals surface area contributed by atoms with Crippen molar-refractivity contribution in [3.63, 3.8) is 0 Å². The van der Waals surface area contributed by atoms with Gasteiger partial charge in [-0.15, -0.1) is 0 Å². The lowest BCUT2D eigenvalue weighted by molar-refractivity contribution is 1.03. The third-order valence-corrected chi connectivity index (χ3v) is 3.01. The van der Waals surface area contributed by atoms with Crippen molar-refractivity contribution >= 4 is 0 Å². The summed E-state index contributed by atoms with van der Waals surface area (Å²) in [6.07, 6.45) is 0. The molecule has 0 heterocycles. The smallest absolute Gasteiger partial charge is 0.0183 e. The van der Waals surface area contributed by atoms with Gasteiger partial charge in [-0.05, 0) is 41.7 Å². The van der Waals surface area contributed by atoms with Gasteiger partial charge in [-0.1, -0.05) is 42.5 Å². The van der Waals surface area contributed by atoms with Crippen LogP contribution in [-0.4, -0.2) is 0 Å². The van der Waals surface area contributed by atoms with Crippen LogP contribution in [0, 0.1) is 13.8 Å². The zero-order chi connectivity index (χ0) is 11.5. The van der Waals surface area contributed by atoms with Crippen LogP contribution in [0.15, 0.2) is 42.5 Å². The first kappa shape index (κ1) is 10.9. The van der Waals surface area contributed by atoms with Crippen molar-refractivity contribution in [3.05, 3.63) is 59.2 Å². The van der Waals surface area contributed by atoms with Crippen LogP contribution in [0.5, 0.6) is 0 Å². The third-order valence-electron chi connectivity index (χ3n) is 3.01. The minimum Gasteiger partial charge on any atom is -0.326 e. The van der Waals surface area contributed by atoms with E-state index in [0.717, 1.165) is 0 Å². The van der Waals surface area contributed by atoms with Crippen molar-refractivity contribution in [2.24, 2.45) is 5.73 Å². The molecule has 0 amide bonds. The molecule has 0 bridgehead atoms. The van der Waals surface area contributed by atoms with E-state index in [1.807, 2.05) is 6.07 Å². The summed E-state index contributed by atoms with van der Waals surface area (Å²) >= 11 is 0. The number of hydrogen-bond acceptors (Lipinski definition) is 1. The normalized spacial score (nSPS) is 10.4. The van der Waals surface area contributed by atoms with Crippen molar-refractivity contribution in [3.8, 4) is 11.1 Å². The summed E-state index contributed by atoms with van der Waals surface area (Å²) in [6, 6.07) is 14.9. The Balaban J connectivity index is 2.53. The Hall–Kier alpha value is -1.60. The van der Waals surface area contributed by atoms with E-state index in [1.54, 1.807) is 0 Å². The Kier molecular flexibility index (Phi) is 3.07. The van der Waals surface area contributed by atoms with Crippen LogP contribution in [0.2, 0.25) is 0 Å². The summed E-state index contributed by atoms with van der Waals surface area (Å²) in [6.45, 7) is 4.87. The third kappa shape index (κ3) is 2.00. The lowest BCUT2D eigenvalue weighted by Crippen LogP contribution is -2.02. The number of nitrogens with two attached hydrogens (primary N) is 1. The highest BCUT2D eigenvalue weighted by molar-refractivity contribution is 5.66. The van der Waals surface area contributed by atoms with Crippen LogP contribution in [-0.2, 0) is 6.54 Å². The highest BCUT2D eigenvalue weighted by atomic mass is 14.5. The predicted molar refractivity (Wildman–Crippen MR) is 69.2 cm³/mol. The highest BCUT2D eigenvalue weighted by Gasteiger charge is 2.04. The minimum atomic E-state index is 0.618. The van der Waals surface area contributed by atoms with E-state index in [0.29, 0.717) is 6.54 Å². The summed E-state index contributed by atoms with van der Waals surface area (Å²) < 4.78 is 0. The molecule has 0 radical (unpaired) electrons. The van der Waals surface area contributed by atoms with Crippen molar-refractivity contribution in [1.82, 2.24) is 0 Å². The van der Waals surface area contributed by atoms with Gasteiger partial charge in [-0.25, -0.2) is 0 Å². The van der Waals surface area contributed by atoms with Crippen LogP contribution >= 0.6 is 0 Å². The summed E-state index contributed by atoms with van der Waals surface area (Å²) in [5.41, 5.74) is 12.1. The molecule has 82 valence electrons. The van der Waals surface area contributed by atoms with E-state index in [2.05, 4.69) is 50.2 Å². The summed E-state index contributed by atoms with van der Waals surface area (Å²) in [5, 5.41) is 0. The van der Waals surface area contributed by atoms with Gasteiger partial charge in [0.25, 0.3) is 0 Å². The quantitative estimate of drug-likeness (QED) is 0.809. The van der Waals surface area contributed by atoms with Crippen LogP contribution in [0.1, 0.15) is 16.7 Å². The summed E-state index contributed by atoms with van der Waals surface area (Å²) in [7, 11) is 0. The first-order valence-electron chi connectivity index (χ1n) is 5.58. The molecule has 2 aromatic carbocycles. The maximum Gasteiger partial charge on any atom is 0.0183 e. The van der Waals surface area contributed by atoms with Crippen molar-refractivity contribution in [2.75, 3.05) is 0 Å². The average Bonchev–Trinajstić information content (AvgIpc) is 2.30. The largest absolute Gasteiger partial charge is 0.326 e. The molecular weight excluding hydrogens is 194 g/mol. The molecule has 0 saturated heterocycles. The Morgan fingerprint density at radius 1 is 0.875 bits per heavy atom. The molecule has 0 spiro atoms. The maximum absolute atomic E-state index is 5.74. The molecule has 0 aliphatic heterocycles. The fraction of sp³-hybridized carbons (Fsp3) is 0.200. The Morgan fingerprint density at radius 3 is 1.94 bits per heavy atom. The molecule has 1 nitrogen and oxygen atoms in total. The van der Waals surface area contributed by atoms with E-state index in [1.165, 1.54) is 27.8 Å². The predicted octanol–water partition coefficient (Wildman–Crippen LogP) is 3.43. The van der Waals surface area contributed by atoms with Gasteiger partial charge < -0.3 is 5.73 Å². The van der Waals surface area contributed by atoms with Gasteiger partial charge in [-0.3, -0.25) is 0 Å². The van der Waals surface area contributed by atoms with Crippen molar-refractivity contribution in [2.45, 2.75) is 20.4 Å². The molecule has 0 unspecified atom stereocenters. The van der Waals surface area contributed by atoms with E-state index in [-0.39, 0.29) is 0 Å².